The summed E-state index contributed by atoms with van der Waals surface area (Å²) in [5, 5.41) is 5.69. The SMILES string of the molecule is CC(C)(C)NC(=O)c1cccc(NC(=O)C(C)(N)c2ccccc2)c1. The summed E-state index contributed by atoms with van der Waals surface area (Å²) in [6.07, 6.45) is 0. The van der Waals surface area contributed by atoms with E-state index in [1.807, 2.05) is 51.1 Å². The maximum atomic E-state index is 12.6. The number of amides is 2. The molecule has 0 bridgehead atoms. The summed E-state index contributed by atoms with van der Waals surface area (Å²) in [5.74, 6) is -0.533. The Labute approximate surface area is 148 Å². The Kier molecular flexibility index (Phi) is 5.28. The molecule has 0 aliphatic rings. The molecule has 0 heterocycles. The minimum atomic E-state index is -1.18. The van der Waals surface area contributed by atoms with E-state index < -0.39 is 5.54 Å². The highest BCUT2D eigenvalue weighted by Gasteiger charge is 2.30. The van der Waals surface area contributed by atoms with Crippen molar-refractivity contribution in [3.63, 3.8) is 0 Å². The van der Waals surface area contributed by atoms with E-state index in [-0.39, 0.29) is 17.4 Å². The van der Waals surface area contributed by atoms with Crippen molar-refractivity contribution in [3.8, 4) is 0 Å². The van der Waals surface area contributed by atoms with Gasteiger partial charge in [-0.1, -0.05) is 36.4 Å². The van der Waals surface area contributed by atoms with Gasteiger partial charge in [0, 0.05) is 16.8 Å². The van der Waals surface area contributed by atoms with Crippen LogP contribution in [0.2, 0.25) is 0 Å². The first-order chi connectivity index (χ1) is 11.6. The van der Waals surface area contributed by atoms with Crippen LogP contribution in [0.25, 0.3) is 0 Å². The number of hydrogen-bond donors (Lipinski definition) is 3. The number of benzene rings is 2. The van der Waals surface area contributed by atoms with Crippen LogP contribution in [0, 0.1) is 0 Å². The molecule has 0 saturated carbocycles. The monoisotopic (exact) mass is 339 g/mol. The zero-order valence-electron chi connectivity index (χ0n) is 15.1. The fourth-order valence-electron chi connectivity index (χ4n) is 2.33. The lowest BCUT2D eigenvalue weighted by Crippen LogP contribution is -2.45. The fraction of sp³-hybridized carbons (Fsp3) is 0.300. The number of carbonyl (C=O) groups excluding carboxylic acids is 2. The summed E-state index contributed by atoms with van der Waals surface area (Å²) in [4.78, 5) is 24.9. The van der Waals surface area contributed by atoms with E-state index in [1.54, 1.807) is 31.2 Å². The minimum absolute atomic E-state index is 0.192. The number of hydrogen-bond acceptors (Lipinski definition) is 3. The van der Waals surface area contributed by atoms with E-state index in [4.69, 9.17) is 5.73 Å². The number of anilines is 1. The molecule has 0 saturated heterocycles. The van der Waals surface area contributed by atoms with Crippen LogP contribution in [-0.2, 0) is 10.3 Å². The second kappa shape index (κ2) is 7.07. The summed E-state index contributed by atoms with van der Waals surface area (Å²) in [6.45, 7) is 7.40. The van der Waals surface area contributed by atoms with Crippen molar-refractivity contribution in [2.75, 3.05) is 5.32 Å². The molecule has 4 N–H and O–H groups in total. The van der Waals surface area contributed by atoms with E-state index in [0.29, 0.717) is 16.8 Å². The topological polar surface area (TPSA) is 84.2 Å². The van der Waals surface area contributed by atoms with Crippen LogP contribution in [-0.4, -0.2) is 17.4 Å². The largest absolute Gasteiger partial charge is 0.347 e. The lowest BCUT2D eigenvalue weighted by molar-refractivity contribution is -0.120. The van der Waals surface area contributed by atoms with Crippen molar-refractivity contribution in [3.05, 3.63) is 65.7 Å². The van der Waals surface area contributed by atoms with Crippen LogP contribution >= 0.6 is 0 Å². The summed E-state index contributed by atoms with van der Waals surface area (Å²) >= 11 is 0. The van der Waals surface area contributed by atoms with Crippen LogP contribution in [0.4, 0.5) is 5.69 Å². The molecule has 2 rings (SSSR count). The summed E-state index contributed by atoms with van der Waals surface area (Å²) in [6, 6.07) is 16.0. The standard InChI is InChI=1S/C20H25N3O2/c1-19(2,3)23-17(24)14-9-8-12-16(13-14)22-18(25)20(4,21)15-10-6-5-7-11-15/h5-13H,21H2,1-4H3,(H,22,25)(H,23,24). The van der Waals surface area contributed by atoms with Gasteiger partial charge >= 0.3 is 0 Å². The summed E-state index contributed by atoms with van der Waals surface area (Å²) in [7, 11) is 0. The van der Waals surface area contributed by atoms with Crippen LogP contribution in [0.5, 0.6) is 0 Å². The molecule has 0 spiro atoms. The second-order valence-corrected chi connectivity index (χ2v) is 7.31. The highest BCUT2D eigenvalue weighted by molar-refractivity contribution is 6.00. The van der Waals surface area contributed by atoms with Crippen LogP contribution in [0.1, 0.15) is 43.6 Å². The lowest BCUT2D eigenvalue weighted by Gasteiger charge is -2.24. The average molecular weight is 339 g/mol. The molecule has 5 nitrogen and oxygen atoms in total. The quantitative estimate of drug-likeness (QED) is 0.800. The molecule has 5 heteroatoms. The molecule has 1 atom stereocenters. The molecule has 0 aliphatic heterocycles. The van der Waals surface area contributed by atoms with Crippen LogP contribution in [0.15, 0.2) is 54.6 Å². The highest BCUT2D eigenvalue weighted by Crippen LogP contribution is 2.20. The van der Waals surface area contributed by atoms with Gasteiger partial charge in [-0.05, 0) is 51.5 Å². The zero-order chi connectivity index (χ0) is 18.7. The maximum absolute atomic E-state index is 12.6. The Morgan fingerprint density at radius 3 is 2.16 bits per heavy atom. The molecule has 0 aromatic heterocycles. The van der Waals surface area contributed by atoms with Gasteiger partial charge in [-0.2, -0.15) is 0 Å². The minimum Gasteiger partial charge on any atom is -0.347 e. The van der Waals surface area contributed by atoms with Gasteiger partial charge in [-0.3, -0.25) is 9.59 Å². The normalized spacial score (nSPS) is 13.6. The first-order valence-corrected chi connectivity index (χ1v) is 8.18. The Hall–Kier alpha value is -2.66. The van der Waals surface area contributed by atoms with Gasteiger partial charge in [0.05, 0.1) is 0 Å². The smallest absolute Gasteiger partial charge is 0.251 e. The van der Waals surface area contributed by atoms with E-state index in [9.17, 15) is 9.59 Å². The van der Waals surface area contributed by atoms with Gasteiger partial charge in [0.25, 0.3) is 5.91 Å². The average Bonchev–Trinajstić information content (AvgIpc) is 2.54. The molecule has 2 amide bonds. The Morgan fingerprint density at radius 1 is 0.920 bits per heavy atom. The molecule has 2 aromatic carbocycles. The van der Waals surface area contributed by atoms with Gasteiger partial charge < -0.3 is 16.4 Å². The van der Waals surface area contributed by atoms with Gasteiger partial charge in [0.15, 0.2) is 0 Å². The first kappa shape index (κ1) is 18.7. The van der Waals surface area contributed by atoms with Gasteiger partial charge in [-0.15, -0.1) is 0 Å². The number of nitrogens with two attached hydrogens (primary N) is 1. The molecule has 0 fully saturated rings. The predicted octanol–water partition coefficient (Wildman–Crippen LogP) is 3.03. The molecule has 132 valence electrons. The third-order valence-electron chi connectivity index (χ3n) is 3.72. The lowest BCUT2D eigenvalue weighted by atomic mass is 9.92. The first-order valence-electron chi connectivity index (χ1n) is 8.18. The van der Waals surface area contributed by atoms with Crippen molar-refractivity contribution in [2.24, 2.45) is 5.73 Å². The highest BCUT2D eigenvalue weighted by atomic mass is 16.2. The molecule has 0 radical (unpaired) electrons. The van der Waals surface area contributed by atoms with E-state index in [0.717, 1.165) is 0 Å². The molecular formula is C20H25N3O2. The van der Waals surface area contributed by atoms with Crippen LogP contribution in [0.3, 0.4) is 0 Å². The van der Waals surface area contributed by atoms with Crippen molar-refractivity contribution in [1.82, 2.24) is 5.32 Å². The zero-order valence-corrected chi connectivity index (χ0v) is 15.1. The van der Waals surface area contributed by atoms with Crippen molar-refractivity contribution >= 4 is 17.5 Å². The maximum Gasteiger partial charge on any atom is 0.251 e. The van der Waals surface area contributed by atoms with Crippen molar-refractivity contribution in [1.29, 1.82) is 0 Å². The Balaban J connectivity index is 2.17. The predicted molar refractivity (Wildman–Crippen MR) is 100 cm³/mol. The van der Waals surface area contributed by atoms with E-state index in [2.05, 4.69) is 10.6 Å². The second-order valence-electron chi connectivity index (χ2n) is 7.31. The van der Waals surface area contributed by atoms with Gasteiger partial charge in [0.1, 0.15) is 5.54 Å². The van der Waals surface area contributed by atoms with Crippen molar-refractivity contribution in [2.45, 2.75) is 38.8 Å². The number of carbonyl (C=O) groups is 2. The fourth-order valence-corrected chi connectivity index (χ4v) is 2.33. The van der Waals surface area contributed by atoms with Crippen molar-refractivity contribution < 1.29 is 9.59 Å². The van der Waals surface area contributed by atoms with Crippen LogP contribution < -0.4 is 16.4 Å². The third kappa shape index (κ3) is 4.90. The Bertz CT molecular complexity index is 762. The van der Waals surface area contributed by atoms with Gasteiger partial charge in [-0.25, -0.2) is 0 Å². The molecular weight excluding hydrogens is 314 g/mol. The molecule has 0 aliphatic carbocycles. The summed E-state index contributed by atoms with van der Waals surface area (Å²) < 4.78 is 0. The van der Waals surface area contributed by atoms with Gasteiger partial charge in [0.2, 0.25) is 5.91 Å². The van der Waals surface area contributed by atoms with E-state index in [1.165, 1.54) is 0 Å². The molecule has 25 heavy (non-hydrogen) atoms. The number of nitrogens with one attached hydrogen (secondary N) is 2. The number of rotatable bonds is 4. The molecule has 2 aromatic rings. The molecule has 1 unspecified atom stereocenters. The third-order valence-corrected chi connectivity index (χ3v) is 3.72. The van der Waals surface area contributed by atoms with E-state index >= 15 is 0 Å². The summed E-state index contributed by atoms with van der Waals surface area (Å²) in [5.41, 5.74) is 6.43. The Morgan fingerprint density at radius 2 is 1.56 bits per heavy atom.